The van der Waals surface area contributed by atoms with Crippen molar-refractivity contribution in [1.29, 1.82) is 0 Å². The van der Waals surface area contributed by atoms with Crippen LogP contribution in [0.15, 0.2) is 0 Å². The average Bonchev–Trinajstić information content (AvgIpc) is 2.43. The molecule has 1 saturated heterocycles. The van der Waals surface area contributed by atoms with Gasteiger partial charge < -0.3 is 20.1 Å². The van der Waals surface area contributed by atoms with Crippen molar-refractivity contribution in [2.75, 3.05) is 13.2 Å². The van der Waals surface area contributed by atoms with Crippen molar-refractivity contribution in [2.45, 2.75) is 96.9 Å². The molecule has 3 unspecified atom stereocenters. The number of carbonyl (C=O) groups excluding carboxylic acids is 1. The summed E-state index contributed by atoms with van der Waals surface area (Å²) in [5, 5.41) is 6.61. The molecule has 0 saturated carbocycles. The maximum Gasteiger partial charge on any atom is 0.407 e. The minimum Gasteiger partial charge on any atom is -0.444 e. The highest BCUT2D eigenvalue weighted by molar-refractivity contribution is 5.67. The quantitative estimate of drug-likeness (QED) is 0.749. The summed E-state index contributed by atoms with van der Waals surface area (Å²) in [6, 6.07) is 0.724. The molecule has 5 heteroatoms. The van der Waals surface area contributed by atoms with Crippen LogP contribution in [0.25, 0.3) is 0 Å². The largest absolute Gasteiger partial charge is 0.444 e. The van der Waals surface area contributed by atoms with E-state index >= 15 is 0 Å². The molecule has 0 radical (unpaired) electrons. The van der Waals surface area contributed by atoms with Gasteiger partial charge in [0.25, 0.3) is 0 Å². The first-order chi connectivity index (χ1) is 10.7. The van der Waals surface area contributed by atoms with Gasteiger partial charge in [-0.25, -0.2) is 4.79 Å². The second-order valence-electron chi connectivity index (χ2n) is 7.88. The molecule has 1 amide bonds. The average molecular weight is 328 g/mol. The normalized spacial score (nSPS) is 26.6. The van der Waals surface area contributed by atoms with Gasteiger partial charge in [-0.15, -0.1) is 0 Å². The zero-order valence-corrected chi connectivity index (χ0v) is 15.8. The molecule has 3 atom stereocenters. The van der Waals surface area contributed by atoms with E-state index in [0.717, 1.165) is 38.7 Å². The number of nitrogens with one attached hydrogen (secondary N) is 2. The summed E-state index contributed by atoms with van der Waals surface area (Å²) in [5.74, 6) is 0. The maximum absolute atomic E-state index is 11.8. The molecule has 136 valence electrons. The lowest BCUT2D eigenvalue weighted by atomic mass is 9.89. The van der Waals surface area contributed by atoms with Crippen LogP contribution < -0.4 is 10.6 Å². The van der Waals surface area contributed by atoms with E-state index in [1.165, 1.54) is 0 Å². The molecule has 0 aromatic carbocycles. The molecule has 5 nitrogen and oxygen atoms in total. The van der Waals surface area contributed by atoms with Crippen molar-refractivity contribution >= 4 is 6.09 Å². The summed E-state index contributed by atoms with van der Waals surface area (Å²) in [4.78, 5) is 11.8. The minimum atomic E-state index is -0.457. The highest BCUT2D eigenvalue weighted by Gasteiger charge is 2.32. The van der Waals surface area contributed by atoms with Crippen molar-refractivity contribution in [3.8, 4) is 0 Å². The van der Waals surface area contributed by atoms with Gasteiger partial charge in [0.2, 0.25) is 0 Å². The second-order valence-corrected chi connectivity index (χ2v) is 7.88. The lowest BCUT2D eigenvalue weighted by Crippen LogP contribution is -2.51. The second kappa shape index (κ2) is 8.88. The summed E-state index contributed by atoms with van der Waals surface area (Å²) >= 11 is 0. The number of hydrogen-bond donors (Lipinski definition) is 2. The number of amides is 1. The number of carbonyl (C=O) groups is 1. The third kappa shape index (κ3) is 8.02. The predicted molar refractivity (Wildman–Crippen MR) is 93.7 cm³/mol. The van der Waals surface area contributed by atoms with Gasteiger partial charge >= 0.3 is 6.09 Å². The third-order valence-electron chi connectivity index (χ3n) is 4.34. The predicted octanol–water partition coefficient (Wildman–Crippen LogP) is 3.62. The molecule has 1 rings (SSSR count). The smallest absolute Gasteiger partial charge is 0.407 e. The Morgan fingerprint density at radius 3 is 2.65 bits per heavy atom. The zero-order valence-electron chi connectivity index (χ0n) is 15.8. The summed E-state index contributed by atoms with van der Waals surface area (Å²) in [6.07, 6.45) is 4.86. The van der Waals surface area contributed by atoms with Gasteiger partial charge in [0.15, 0.2) is 0 Å². The van der Waals surface area contributed by atoms with Crippen LogP contribution in [-0.2, 0) is 9.47 Å². The minimum absolute atomic E-state index is 0.0225. The van der Waals surface area contributed by atoms with Crippen molar-refractivity contribution < 1.29 is 14.3 Å². The fraction of sp³-hybridized carbons (Fsp3) is 0.944. The first-order valence-electron chi connectivity index (χ1n) is 9.04. The summed E-state index contributed by atoms with van der Waals surface area (Å²) in [7, 11) is 0. The van der Waals surface area contributed by atoms with Crippen LogP contribution in [0.3, 0.4) is 0 Å². The van der Waals surface area contributed by atoms with Gasteiger partial charge in [-0.2, -0.15) is 0 Å². The highest BCUT2D eigenvalue weighted by Crippen LogP contribution is 2.28. The van der Waals surface area contributed by atoms with E-state index in [1.807, 2.05) is 20.8 Å². The third-order valence-corrected chi connectivity index (χ3v) is 4.34. The van der Waals surface area contributed by atoms with Gasteiger partial charge in [-0.3, -0.25) is 0 Å². The fourth-order valence-corrected chi connectivity index (χ4v) is 2.97. The monoisotopic (exact) mass is 328 g/mol. The fourth-order valence-electron chi connectivity index (χ4n) is 2.97. The molecule has 1 fully saturated rings. The Bertz CT molecular complexity index is 368. The molecule has 1 aliphatic rings. The Kier molecular flexibility index (Phi) is 7.81. The van der Waals surface area contributed by atoms with Crippen LogP contribution in [0.2, 0.25) is 0 Å². The standard InChI is InChI=1S/C18H36N2O3/c1-7-9-15(13-19-16(21)23-17(3,4)5)20-14-10-11-22-18(6,8-2)12-14/h14-15,20H,7-13H2,1-6H3,(H,19,21). The van der Waals surface area contributed by atoms with Crippen molar-refractivity contribution in [3.63, 3.8) is 0 Å². The SMILES string of the molecule is CCCC(CNC(=O)OC(C)(C)C)NC1CCOC(C)(CC)C1. The van der Waals surface area contributed by atoms with E-state index in [9.17, 15) is 4.79 Å². The van der Waals surface area contributed by atoms with Crippen LogP contribution in [0, 0.1) is 0 Å². The maximum atomic E-state index is 11.8. The van der Waals surface area contributed by atoms with Gasteiger partial charge in [-0.05, 0) is 53.4 Å². The number of hydrogen-bond acceptors (Lipinski definition) is 4. The molecule has 1 aliphatic heterocycles. The first kappa shape index (κ1) is 20.2. The lowest BCUT2D eigenvalue weighted by Gasteiger charge is -2.39. The van der Waals surface area contributed by atoms with E-state index in [4.69, 9.17) is 9.47 Å². The molecule has 0 aliphatic carbocycles. The van der Waals surface area contributed by atoms with Crippen molar-refractivity contribution in [2.24, 2.45) is 0 Å². The Balaban J connectivity index is 2.47. The number of alkyl carbamates (subject to hydrolysis) is 1. The van der Waals surface area contributed by atoms with E-state index < -0.39 is 5.60 Å². The molecule has 23 heavy (non-hydrogen) atoms. The van der Waals surface area contributed by atoms with Crippen LogP contribution in [0.5, 0.6) is 0 Å². The van der Waals surface area contributed by atoms with Crippen LogP contribution in [0.4, 0.5) is 4.79 Å². The van der Waals surface area contributed by atoms with E-state index in [-0.39, 0.29) is 17.7 Å². The lowest BCUT2D eigenvalue weighted by molar-refractivity contribution is -0.0792. The summed E-state index contributed by atoms with van der Waals surface area (Å²) in [6.45, 7) is 13.6. The van der Waals surface area contributed by atoms with Gasteiger partial charge in [-0.1, -0.05) is 20.3 Å². The molecule has 0 spiro atoms. The molecule has 0 aromatic heterocycles. The van der Waals surface area contributed by atoms with Gasteiger partial charge in [0, 0.05) is 25.2 Å². The molecular weight excluding hydrogens is 292 g/mol. The number of rotatable bonds is 7. The Labute approximate surface area is 141 Å². The Morgan fingerprint density at radius 2 is 2.09 bits per heavy atom. The summed E-state index contributed by atoms with van der Waals surface area (Å²) in [5.41, 5.74) is -0.479. The Morgan fingerprint density at radius 1 is 1.39 bits per heavy atom. The van der Waals surface area contributed by atoms with E-state index in [1.54, 1.807) is 0 Å². The highest BCUT2D eigenvalue weighted by atomic mass is 16.6. The van der Waals surface area contributed by atoms with Crippen molar-refractivity contribution in [1.82, 2.24) is 10.6 Å². The van der Waals surface area contributed by atoms with Gasteiger partial charge in [0.1, 0.15) is 5.60 Å². The molecule has 0 bridgehead atoms. The van der Waals surface area contributed by atoms with Crippen LogP contribution >= 0.6 is 0 Å². The van der Waals surface area contributed by atoms with E-state index in [0.29, 0.717) is 12.6 Å². The zero-order chi connectivity index (χ0) is 17.5. The summed E-state index contributed by atoms with van der Waals surface area (Å²) < 4.78 is 11.2. The molecule has 0 aromatic rings. The van der Waals surface area contributed by atoms with E-state index in [2.05, 4.69) is 31.4 Å². The molecular formula is C18H36N2O3. The van der Waals surface area contributed by atoms with Crippen LogP contribution in [-0.4, -0.2) is 42.5 Å². The number of ether oxygens (including phenoxy) is 2. The molecule has 1 heterocycles. The van der Waals surface area contributed by atoms with Crippen LogP contribution in [0.1, 0.15) is 73.6 Å². The first-order valence-corrected chi connectivity index (χ1v) is 9.04. The molecule has 2 N–H and O–H groups in total. The Hall–Kier alpha value is -0.810. The van der Waals surface area contributed by atoms with Crippen molar-refractivity contribution in [3.05, 3.63) is 0 Å². The van der Waals surface area contributed by atoms with Gasteiger partial charge in [0.05, 0.1) is 5.60 Å². The topological polar surface area (TPSA) is 59.6 Å².